The summed E-state index contributed by atoms with van der Waals surface area (Å²) in [7, 11) is -3.67. The molecule has 0 aromatic heterocycles. The molecule has 1 aromatic rings. The lowest BCUT2D eigenvalue weighted by atomic mass is 9.87. The molecule has 0 saturated heterocycles. The molecule has 6 heteroatoms. The molecule has 0 radical (unpaired) electrons. The Bertz CT molecular complexity index is 625. The van der Waals surface area contributed by atoms with Crippen LogP contribution >= 0.6 is 0 Å². The molecule has 0 unspecified atom stereocenters. The molecule has 0 aliphatic rings. The minimum atomic E-state index is -3.67. The molecule has 22 heavy (non-hydrogen) atoms. The lowest BCUT2D eigenvalue weighted by Crippen LogP contribution is -2.43. The highest BCUT2D eigenvalue weighted by atomic mass is 32.2. The van der Waals surface area contributed by atoms with Crippen LogP contribution in [0.4, 0.5) is 0 Å². The minimum Gasteiger partial charge on any atom is -0.481 e. The summed E-state index contributed by atoms with van der Waals surface area (Å²) in [6, 6.07) is 6.77. The molecule has 0 bridgehead atoms. The summed E-state index contributed by atoms with van der Waals surface area (Å²) in [5, 5.41) is 8.72. The number of nitrogens with one attached hydrogen (secondary N) is 1. The molecule has 0 heterocycles. The normalized spacial score (nSPS) is 13.1. The van der Waals surface area contributed by atoms with Crippen molar-refractivity contribution in [2.75, 3.05) is 0 Å². The van der Waals surface area contributed by atoms with E-state index in [1.54, 1.807) is 38.1 Å². The maximum absolute atomic E-state index is 12.4. The van der Waals surface area contributed by atoms with Crippen molar-refractivity contribution in [2.45, 2.75) is 63.3 Å². The number of hydrogen-bond donors (Lipinski definition) is 2. The number of sulfonamides is 1. The molecule has 124 valence electrons. The van der Waals surface area contributed by atoms with Crippen LogP contribution in [0.15, 0.2) is 29.2 Å². The van der Waals surface area contributed by atoms with Gasteiger partial charge in [-0.15, -0.1) is 0 Å². The van der Waals surface area contributed by atoms with Crippen LogP contribution in [0.25, 0.3) is 0 Å². The molecule has 0 atom stereocenters. The van der Waals surface area contributed by atoms with Crippen LogP contribution < -0.4 is 4.72 Å². The van der Waals surface area contributed by atoms with Crippen molar-refractivity contribution in [3.8, 4) is 0 Å². The Labute approximate surface area is 132 Å². The number of rotatable bonds is 6. The van der Waals surface area contributed by atoms with E-state index in [2.05, 4.69) is 25.5 Å². The Hall–Kier alpha value is -1.40. The molecule has 5 nitrogen and oxygen atoms in total. The van der Waals surface area contributed by atoms with E-state index in [4.69, 9.17) is 5.11 Å². The van der Waals surface area contributed by atoms with Gasteiger partial charge in [0, 0.05) is 12.0 Å². The van der Waals surface area contributed by atoms with Gasteiger partial charge in [0.1, 0.15) is 0 Å². The quantitative estimate of drug-likeness (QED) is 0.841. The zero-order valence-electron chi connectivity index (χ0n) is 13.8. The van der Waals surface area contributed by atoms with E-state index in [0.717, 1.165) is 5.56 Å². The lowest BCUT2D eigenvalue weighted by molar-refractivity contribution is -0.137. The number of benzene rings is 1. The van der Waals surface area contributed by atoms with E-state index in [1.165, 1.54) is 0 Å². The Morgan fingerprint density at radius 2 is 1.59 bits per heavy atom. The average Bonchev–Trinajstić information content (AvgIpc) is 2.34. The third-order valence-electron chi connectivity index (χ3n) is 3.41. The van der Waals surface area contributed by atoms with Gasteiger partial charge in [0.05, 0.1) is 4.90 Å². The van der Waals surface area contributed by atoms with Gasteiger partial charge in [-0.1, -0.05) is 32.9 Å². The number of carbonyl (C=O) groups is 1. The van der Waals surface area contributed by atoms with E-state index in [9.17, 15) is 13.2 Å². The lowest BCUT2D eigenvalue weighted by Gasteiger charge is -2.25. The second-order valence-corrected chi connectivity index (χ2v) is 8.84. The predicted molar refractivity (Wildman–Crippen MR) is 86.4 cm³/mol. The monoisotopic (exact) mass is 327 g/mol. The van der Waals surface area contributed by atoms with E-state index < -0.39 is 21.5 Å². The Balaban J connectivity index is 2.93. The van der Waals surface area contributed by atoms with Gasteiger partial charge in [-0.05, 0) is 43.4 Å². The minimum absolute atomic E-state index is 0.0452. The maximum atomic E-state index is 12.4. The van der Waals surface area contributed by atoms with E-state index in [1.807, 2.05) is 0 Å². The van der Waals surface area contributed by atoms with Crippen molar-refractivity contribution in [3.05, 3.63) is 29.8 Å². The second-order valence-electron chi connectivity index (χ2n) is 7.16. The molecule has 1 aromatic carbocycles. The fraction of sp³-hybridized carbons (Fsp3) is 0.562. The van der Waals surface area contributed by atoms with Gasteiger partial charge in [-0.25, -0.2) is 13.1 Å². The fourth-order valence-electron chi connectivity index (χ4n) is 2.03. The summed E-state index contributed by atoms with van der Waals surface area (Å²) < 4.78 is 27.4. The Kier molecular flexibility index (Phi) is 5.41. The van der Waals surface area contributed by atoms with Crippen molar-refractivity contribution in [1.29, 1.82) is 0 Å². The van der Waals surface area contributed by atoms with Gasteiger partial charge >= 0.3 is 5.97 Å². The number of hydrogen-bond acceptors (Lipinski definition) is 3. The number of aliphatic carboxylic acids is 1. The van der Waals surface area contributed by atoms with Crippen LogP contribution in [0.2, 0.25) is 0 Å². The van der Waals surface area contributed by atoms with E-state index in [0.29, 0.717) is 0 Å². The molecule has 0 amide bonds. The zero-order chi connectivity index (χ0) is 17.2. The first-order valence-electron chi connectivity index (χ1n) is 7.20. The summed E-state index contributed by atoms with van der Waals surface area (Å²) in [5.74, 6) is -0.943. The molecule has 0 spiro atoms. The first kappa shape index (κ1) is 18.6. The van der Waals surface area contributed by atoms with Crippen molar-refractivity contribution in [2.24, 2.45) is 0 Å². The van der Waals surface area contributed by atoms with Crippen molar-refractivity contribution in [3.63, 3.8) is 0 Å². The third kappa shape index (κ3) is 5.42. The Morgan fingerprint density at radius 1 is 1.09 bits per heavy atom. The third-order valence-corrected chi connectivity index (χ3v) is 5.12. The highest BCUT2D eigenvalue weighted by molar-refractivity contribution is 7.89. The smallest absolute Gasteiger partial charge is 0.303 e. The van der Waals surface area contributed by atoms with Crippen LogP contribution in [0.1, 0.15) is 53.0 Å². The largest absolute Gasteiger partial charge is 0.481 e. The Morgan fingerprint density at radius 3 is 2.00 bits per heavy atom. The predicted octanol–water partition coefficient (Wildman–Crippen LogP) is 2.91. The summed E-state index contributed by atoms with van der Waals surface area (Å²) in [5.41, 5.74) is 0.188. The van der Waals surface area contributed by atoms with Crippen LogP contribution in [-0.2, 0) is 20.2 Å². The summed E-state index contributed by atoms with van der Waals surface area (Å²) in [6.07, 6.45) is 0.139. The molecule has 2 N–H and O–H groups in total. The highest BCUT2D eigenvalue weighted by Crippen LogP contribution is 2.24. The molecule has 1 rings (SSSR count). The van der Waals surface area contributed by atoms with Crippen LogP contribution in [0.5, 0.6) is 0 Å². The van der Waals surface area contributed by atoms with Gasteiger partial charge in [0.25, 0.3) is 0 Å². The highest BCUT2D eigenvalue weighted by Gasteiger charge is 2.27. The summed E-state index contributed by atoms with van der Waals surface area (Å²) in [6.45, 7) is 9.53. The molecular weight excluding hydrogens is 302 g/mol. The van der Waals surface area contributed by atoms with Gasteiger partial charge in [0.15, 0.2) is 0 Å². The first-order valence-corrected chi connectivity index (χ1v) is 8.68. The number of carboxylic acids is 1. The topological polar surface area (TPSA) is 83.5 Å². The van der Waals surface area contributed by atoms with Crippen LogP contribution in [0.3, 0.4) is 0 Å². The molecule has 0 aliphatic heterocycles. The molecule has 0 fully saturated rings. The van der Waals surface area contributed by atoms with Gasteiger partial charge < -0.3 is 5.11 Å². The SMILES string of the molecule is CC(C)(CCC(=O)O)NS(=O)(=O)c1ccc(C(C)(C)C)cc1. The van der Waals surface area contributed by atoms with Crippen molar-refractivity contribution >= 4 is 16.0 Å². The number of carboxylic acid groups (broad SMARTS) is 1. The van der Waals surface area contributed by atoms with Crippen LogP contribution in [-0.4, -0.2) is 25.0 Å². The first-order chi connectivity index (χ1) is 9.83. The molecule has 0 aliphatic carbocycles. The standard InChI is InChI=1S/C16H25NO4S/c1-15(2,3)12-6-8-13(9-7-12)22(20,21)17-16(4,5)11-10-14(18)19/h6-9,17H,10-11H2,1-5H3,(H,18,19). The molecule has 0 saturated carbocycles. The summed E-state index contributed by atoms with van der Waals surface area (Å²) in [4.78, 5) is 10.8. The zero-order valence-corrected chi connectivity index (χ0v) is 14.6. The van der Waals surface area contributed by atoms with Gasteiger partial charge in [-0.2, -0.15) is 0 Å². The molecular formula is C16H25NO4S. The van der Waals surface area contributed by atoms with E-state index >= 15 is 0 Å². The van der Waals surface area contributed by atoms with Crippen molar-refractivity contribution < 1.29 is 18.3 Å². The average molecular weight is 327 g/mol. The van der Waals surface area contributed by atoms with Gasteiger partial charge in [0.2, 0.25) is 10.0 Å². The van der Waals surface area contributed by atoms with E-state index in [-0.39, 0.29) is 23.2 Å². The van der Waals surface area contributed by atoms with Crippen LogP contribution in [0, 0.1) is 0 Å². The summed E-state index contributed by atoms with van der Waals surface area (Å²) >= 11 is 0. The van der Waals surface area contributed by atoms with Crippen molar-refractivity contribution in [1.82, 2.24) is 4.72 Å². The fourth-order valence-corrected chi connectivity index (χ4v) is 3.47. The second kappa shape index (κ2) is 6.38. The maximum Gasteiger partial charge on any atom is 0.303 e. The van der Waals surface area contributed by atoms with Gasteiger partial charge in [-0.3, -0.25) is 4.79 Å².